The molecular formula is C5H8ClF3S. The van der Waals surface area contributed by atoms with Crippen molar-refractivity contribution in [2.75, 3.05) is 17.4 Å². The van der Waals surface area contributed by atoms with E-state index in [0.717, 1.165) is 11.8 Å². The molecule has 62 valence electrons. The van der Waals surface area contributed by atoms with E-state index in [1.807, 2.05) is 0 Å². The largest absolute Gasteiger partial charge is 0.397 e. The first-order valence-electron chi connectivity index (χ1n) is 2.77. The van der Waals surface area contributed by atoms with Gasteiger partial charge in [0.15, 0.2) is 0 Å². The Bertz CT molecular complexity index is 83.5. The van der Waals surface area contributed by atoms with E-state index in [1.54, 1.807) is 0 Å². The van der Waals surface area contributed by atoms with Crippen molar-refractivity contribution in [3.05, 3.63) is 0 Å². The lowest BCUT2D eigenvalue weighted by atomic mass is 10.6. The van der Waals surface area contributed by atoms with Crippen LogP contribution in [0.5, 0.6) is 0 Å². The summed E-state index contributed by atoms with van der Waals surface area (Å²) in [6.07, 6.45) is -3.39. The normalized spacial score (nSPS) is 12.0. The van der Waals surface area contributed by atoms with Crippen LogP contribution in [0.25, 0.3) is 0 Å². The van der Waals surface area contributed by atoms with Crippen LogP contribution >= 0.6 is 23.4 Å². The van der Waals surface area contributed by atoms with E-state index in [0.29, 0.717) is 18.1 Å². The molecule has 0 aliphatic heterocycles. The maximum atomic E-state index is 11.4. The molecule has 0 nitrogen and oxygen atoms in total. The molecule has 0 saturated carbocycles. The monoisotopic (exact) mass is 192 g/mol. The fraction of sp³-hybridized carbons (Fsp3) is 1.00. The average Bonchev–Trinajstić information content (AvgIpc) is 1.78. The van der Waals surface area contributed by atoms with E-state index >= 15 is 0 Å². The fourth-order valence-electron chi connectivity index (χ4n) is 0.345. The number of halogens is 4. The lowest BCUT2D eigenvalue weighted by molar-refractivity contribution is -0.105. The summed E-state index contributed by atoms with van der Waals surface area (Å²) >= 11 is 6.13. The molecule has 0 heterocycles. The standard InChI is InChI=1S/C5H8ClF3S/c6-2-1-3-10-4-5(7,8)9/h1-4H2. The second kappa shape index (κ2) is 5.13. The molecule has 0 aromatic rings. The van der Waals surface area contributed by atoms with Gasteiger partial charge >= 0.3 is 6.18 Å². The molecule has 0 spiro atoms. The maximum Gasteiger partial charge on any atom is 0.397 e. The van der Waals surface area contributed by atoms with Gasteiger partial charge in [0.25, 0.3) is 0 Å². The van der Waals surface area contributed by atoms with Gasteiger partial charge in [-0.1, -0.05) is 0 Å². The van der Waals surface area contributed by atoms with Crippen molar-refractivity contribution < 1.29 is 13.2 Å². The predicted molar refractivity (Wildman–Crippen MR) is 38.7 cm³/mol. The van der Waals surface area contributed by atoms with E-state index in [2.05, 4.69) is 0 Å². The van der Waals surface area contributed by atoms with Crippen molar-refractivity contribution >= 4 is 23.4 Å². The molecule has 0 aliphatic carbocycles. The third kappa shape index (κ3) is 8.43. The fourth-order valence-corrected chi connectivity index (χ4v) is 1.36. The highest BCUT2D eigenvalue weighted by atomic mass is 35.5. The molecule has 0 amide bonds. The Hall–Kier alpha value is 0.430. The molecule has 10 heavy (non-hydrogen) atoms. The Labute approximate surface area is 67.1 Å². The van der Waals surface area contributed by atoms with Gasteiger partial charge < -0.3 is 0 Å². The number of rotatable bonds is 4. The van der Waals surface area contributed by atoms with E-state index < -0.39 is 11.9 Å². The summed E-state index contributed by atoms with van der Waals surface area (Å²) < 4.78 is 34.3. The molecule has 0 aromatic heterocycles. The molecule has 0 fully saturated rings. The van der Waals surface area contributed by atoms with Crippen LogP contribution in [0.3, 0.4) is 0 Å². The minimum Gasteiger partial charge on any atom is -0.170 e. The van der Waals surface area contributed by atoms with Gasteiger partial charge in [-0.05, 0) is 12.2 Å². The number of thioether (sulfide) groups is 1. The first-order valence-corrected chi connectivity index (χ1v) is 4.45. The van der Waals surface area contributed by atoms with Gasteiger partial charge in [-0.3, -0.25) is 0 Å². The van der Waals surface area contributed by atoms with Crippen molar-refractivity contribution in [2.45, 2.75) is 12.6 Å². The number of hydrogen-bond acceptors (Lipinski definition) is 1. The molecule has 5 heteroatoms. The minimum absolute atomic E-state index is 0.435. The Balaban J connectivity index is 3.04. The van der Waals surface area contributed by atoms with Crippen molar-refractivity contribution in [1.29, 1.82) is 0 Å². The van der Waals surface area contributed by atoms with Gasteiger partial charge in [0.1, 0.15) is 0 Å². The van der Waals surface area contributed by atoms with Gasteiger partial charge in [-0.25, -0.2) is 0 Å². The molecule has 0 radical (unpaired) electrons. The Morgan fingerprint density at radius 2 is 1.90 bits per heavy atom. The second-order valence-electron chi connectivity index (χ2n) is 1.71. The van der Waals surface area contributed by atoms with E-state index in [4.69, 9.17) is 11.6 Å². The highest BCUT2D eigenvalue weighted by Gasteiger charge is 2.26. The summed E-state index contributed by atoms with van der Waals surface area (Å²) in [4.78, 5) is 0. The number of hydrogen-bond donors (Lipinski definition) is 0. The first-order chi connectivity index (χ1) is 4.56. The zero-order valence-electron chi connectivity index (χ0n) is 5.25. The molecule has 0 atom stereocenters. The third-order valence-electron chi connectivity index (χ3n) is 0.688. The second-order valence-corrected chi connectivity index (χ2v) is 3.19. The quantitative estimate of drug-likeness (QED) is 0.488. The van der Waals surface area contributed by atoms with Gasteiger partial charge in [0, 0.05) is 5.88 Å². The molecule has 0 aromatic carbocycles. The van der Waals surface area contributed by atoms with Crippen LogP contribution in [0, 0.1) is 0 Å². The van der Waals surface area contributed by atoms with Crippen LogP contribution in [0.1, 0.15) is 6.42 Å². The zero-order chi connectivity index (χ0) is 8.04. The molecule has 0 unspecified atom stereocenters. The average molecular weight is 193 g/mol. The highest BCUT2D eigenvalue weighted by molar-refractivity contribution is 7.99. The lowest BCUT2D eigenvalue weighted by Gasteiger charge is -2.03. The smallest absolute Gasteiger partial charge is 0.170 e. The lowest BCUT2D eigenvalue weighted by Crippen LogP contribution is -2.11. The summed E-state index contributed by atoms with van der Waals surface area (Å²) in [5.41, 5.74) is 0. The van der Waals surface area contributed by atoms with Crippen molar-refractivity contribution in [3.63, 3.8) is 0 Å². The Morgan fingerprint density at radius 1 is 1.30 bits per heavy atom. The molecule has 0 rings (SSSR count). The highest BCUT2D eigenvalue weighted by Crippen LogP contribution is 2.21. The minimum atomic E-state index is -4.03. The predicted octanol–water partition coefficient (Wildman–Crippen LogP) is 2.91. The van der Waals surface area contributed by atoms with E-state index in [-0.39, 0.29) is 0 Å². The summed E-state index contributed by atoms with van der Waals surface area (Å²) in [5.74, 6) is 0.164. The van der Waals surface area contributed by atoms with Crippen LogP contribution in [-0.4, -0.2) is 23.6 Å². The van der Waals surface area contributed by atoms with Crippen molar-refractivity contribution in [3.8, 4) is 0 Å². The summed E-state index contributed by atoms with van der Waals surface area (Å²) in [5, 5.41) is 0. The van der Waals surface area contributed by atoms with Gasteiger partial charge in [-0.15, -0.1) is 11.6 Å². The SMILES string of the molecule is FC(F)(F)CSCCCCl. The van der Waals surface area contributed by atoms with Crippen molar-refractivity contribution in [2.24, 2.45) is 0 Å². The summed E-state index contributed by atoms with van der Waals surface area (Å²) in [7, 11) is 0. The van der Waals surface area contributed by atoms with Crippen LogP contribution < -0.4 is 0 Å². The van der Waals surface area contributed by atoms with Crippen molar-refractivity contribution in [1.82, 2.24) is 0 Å². The molecule has 0 bridgehead atoms. The summed E-state index contributed by atoms with van der Waals surface area (Å²) in [6, 6.07) is 0. The topological polar surface area (TPSA) is 0 Å². The molecular weight excluding hydrogens is 185 g/mol. The van der Waals surface area contributed by atoms with Gasteiger partial charge in [-0.2, -0.15) is 24.9 Å². The summed E-state index contributed by atoms with van der Waals surface area (Å²) in [6.45, 7) is 0. The Kier molecular flexibility index (Phi) is 5.35. The van der Waals surface area contributed by atoms with Crippen LogP contribution in [0.4, 0.5) is 13.2 Å². The van der Waals surface area contributed by atoms with Gasteiger partial charge in [0.05, 0.1) is 5.75 Å². The van der Waals surface area contributed by atoms with Crippen LogP contribution in [-0.2, 0) is 0 Å². The molecule has 0 aliphatic rings. The van der Waals surface area contributed by atoms with E-state index in [1.165, 1.54) is 0 Å². The molecule has 0 N–H and O–H groups in total. The van der Waals surface area contributed by atoms with Gasteiger partial charge in [0.2, 0.25) is 0 Å². The van der Waals surface area contributed by atoms with Crippen LogP contribution in [0.15, 0.2) is 0 Å². The Morgan fingerprint density at radius 3 is 2.30 bits per heavy atom. The zero-order valence-corrected chi connectivity index (χ0v) is 6.82. The van der Waals surface area contributed by atoms with Crippen LogP contribution in [0.2, 0.25) is 0 Å². The molecule has 0 saturated heterocycles. The maximum absolute atomic E-state index is 11.4. The third-order valence-corrected chi connectivity index (χ3v) is 2.06. The number of alkyl halides is 4. The van der Waals surface area contributed by atoms with E-state index in [9.17, 15) is 13.2 Å². The first kappa shape index (κ1) is 10.4.